The van der Waals surface area contributed by atoms with Crippen LogP contribution in [0.15, 0.2) is 59.5 Å². The Kier molecular flexibility index (Phi) is 7.94. The number of sulfonamides is 1. The molecule has 0 radical (unpaired) electrons. The molecule has 0 fully saturated rings. The summed E-state index contributed by atoms with van der Waals surface area (Å²) < 4.78 is 99.7. The zero-order chi connectivity index (χ0) is 28.4. The van der Waals surface area contributed by atoms with Gasteiger partial charge < -0.3 is 20.9 Å². The lowest BCUT2D eigenvalue weighted by atomic mass is 10.1. The predicted molar refractivity (Wildman–Crippen MR) is 132 cm³/mol. The number of aromatic amines is 1. The lowest BCUT2D eigenvalue weighted by Crippen LogP contribution is -2.26. The van der Waals surface area contributed by atoms with E-state index in [4.69, 9.17) is 10.5 Å². The van der Waals surface area contributed by atoms with Crippen molar-refractivity contribution in [3.8, 4) is 5.75 Å². The van der Waals surface area contributed by atoms with E-state index in [1.54, 1.807) is 0 Å². The van der Waals surface area contributed by atoms with Crippen molar-refractivity contribution >= 4 is 32.3 Å². The highest BCUT2D eigenvalue weighted by Crippen LogP contribution is 2.34. The number of hydrogen-bond acceptors (Lipinski definition) is 7. The molecule has 39 heavy (non-hydrogen) atoms. The van der Waals surface area contributed by atoms with E-state index in [9.17, 15) is 35.5 Å². The summed E-state index contributed by atoms with van der Waals surface area (Å²) in [7, 11) is -4.52. The van der Waals surface area contributed by atoms with Gasteiger partial charge in [-0.25, -0.2) is 17.2 Å². The van der Waals surface area contributed by atoms with Gasteiger partial charge in [-0.15, -0.1) is 0 Å². The van der Waals surface area contributed by atoms with Crippen molar-refractivity contribution in [2.75, 3.05) is 30.2 Å². The van der Waals surface area contributed by atoms with Crippen molar-refractivity contribution in [3.63, 3.8) is 0 Å². The first kappa shape index (κ1) is 28.1. The first-order chi connectivity index (χ1) is 18.3. The fourth-order valence-corrected chi connectivity index (χ4v) is 4.83. The second-order valence-corrected chi connectivity index (χ2v) is 10.0. The van der Waals surface area contributed by atoms with Crippen LogP contribution in [0.5, 0.6) is 5.75 Å². The second kappa shape index (κ2) is 11.0. The molecule has 0 bridgehead atoms. The van der Waals surface area contributed by atoms with Crippen LogP contribution in [0.2, 0.25) is 0 Å². The number of nitrogens with two attached hydrogens (primary N) is 1. The number of alkyl halides is 3. The molecular weight excluding hydrogens is 549 g/mol. The maximum Gasteiger partial charge on any atom is 0.435 e. The Hall–Kier alpha value is -3.95. The van der Waals surface area contributed by atoms with E-state index in [2.05, 4.69) is 15.5 Å². The lowest BCUT2D eigenvalue weighted by molar-refractivity contribution is -0.139. The molecule has 0 aliphatic carbocycles. The summed E-state index contributed by atoms with van der Waals surface area (Å²) in [5.41, 5.74) is 4.32. The van der Waals surface area contributed by atoms with Crippen LogP contribution < -0.4 is 20.5 Å². The first-order valence-electron chi connectivity index (χ1n) is 11.3. The molecule has 9 nitrogen and oxygen atoms in total. The van der Waals surface area contributed by atoms with Gasteiger partial charge in [0.25, 0.3) is 10.0 Å². The Morgan fingerprint density at radius 3 is 2.54 bits per heavy atom. The number of nitrogens with one attached hydrogen (secondary N) is 3. The van der Waals surface area contributed by atoms with Crippen molar-refractivity contribution < 1.29 is 40.2 Å². The van der Waals surface area contributed by atoms with Gasteiger partial charge in [0.15, 0.2) is 5.69 Å². The van der Waals surface area contributed by atoms with Gasteiger partial charge in [-0.2, -0.15) is 18.3 Å². The van der Waals surface area contributed by atoms with Crippen molar-refractivity contribution in [2.24, 2.45) is 0 Å². The zero-order valence-corrected chi connectivity index (χ0v) is 20.7. The molecule has 1 aromatic heterocycles. The minimum absolute atomic E-state index is 0.00563. The molecule has 0 unspecified atom stereocenters. The fourth-order valence-electron chi connectivity index (χ4n) is 3.66. The number of aromatic nitrogens is 2. The van der Waals surface area contributed by atoms with Crippen LogP contribution in [0.4, 0.5) is 33.3 Å². The van der Waals surface area contributed by atoms with Crippen molar-refractivity contribution in [3.05, 3.63) is 77.5 Å². The molecule has 4 rings (SSSR count). The number of halogens is 5. The van der Waals surface area contributed by atoms with Gasteiger partial charge in [0, 0.05) is 30.2 Å². The number of benzene rings is 3. The van der Waals surface area contributed by atoms with E-state index in [0.29, 0.717) is 5.75 Å². The van der Waals surface area contributed by atoms with Gasteiger partial charge in [0.1, 0.15) is 28.9 Å². The number of nitrogens with zero attached hydrogens (tertiary/aromatic N) is 1. The standard InChI is InChI=1S/C24H22F5N5O4S/c25-17-5-1-13(9-20(17)34-39(36,37)22-10-14(30)2-6-18(22)26)21(35)12-31-7-8-38-15-3-4-16-19(11-15)32-33-23(16)24(27,28)29/h1-6,9-11,21,31,34-35H,7-8,12,30H2,(H,32,33)/t21-/m0/s1. The summed E-state index contributed by atoms with van der Waals surface area (Å²) in [6.07, 6.45) is -5.77. The molecule has 0 aliphatic heterocycles. The molecule has 1 atom stereocenters. The molecule has 15 heteroatoms. The summed E-state index contributed by atoms with van der Waals surface area (Å²) >= 11 is 0. The van der Waals surface area contributed by atoms with Gasteiger partial charge in [-0.1, -0.05) is 6.07 Å². The fraction of sp³-hybridized carbons (Fsp3) is 0.208. The number of rotatable bonds is 10. The van der Waals surface area contributed by atoms with Gasteiger partial charge >= 0.3 is 6.18 Å². The van der Waals surface area contributed by atoms with Crippen molar-refractivity contribution in [1.29, 1.82) is 0 Å². The zero-order valence-electron chi connectivity index (χ0n) is 19.9. The number of aliphatic hydroxyl groups excluding tert-OH is 1. The number of anilines is 2. The number of fused-ring (bicyclic) bond motifs is 1. The van der Waals surface area contributed by atoms with Gasteiger partial charge in [-0.3, -0.25) is 9.82 Å². The summed E-state index contributed by atoms with van der Waals surface area (Å²) in [4.78, 5) is -0.762. The molecule has 0 aliphatic rings. The molecule has 1 heterocycles. The van der Waals surface area contributed by atoms with E-state index in [-0.39, 0.29) is 41.9 Å². The van der Waals surface area contributed by atoms with E-state index in [1.807, 2.05) is 4.72 Å². The molecule has 0 amide bonds. The number of H-pyrrole nitrogens is 1. The van der Waals surface area contributed by atoms with Crippen LogP contribution in [0, 0.1) is 11.6 Å². The average molecular weight is 572 g/mol. The third-order valence-corrected chi connectivity index (χ3v) is 6.93. The Balaban J connectivity index is 1.32. The smallest absolute Gasteiger partial charge is 0.435 e. The van der Waals surface area contributed by atoms with Crippen LogP contribution in [-0.2, 0) is 16.2 Å². The summed E-state index contributed by atoms with van der Waals surface area (Å²) in [6, 6.07) is 10.2. The van der Waals surface area contributed by atoms with Gasteiger partial charge in [0.2, 0.25) is 0 Å². The highest BCUT2D eigenvalue weighted by molar-refractivity contribution is 7.92. The number of nitrogen functional groups attached to an aromatic ring is 1. The Labute approximate surface area is 218 Å². The maximum absolute atomic E-state index is 14.3. The van der Waals surface area contributed by atoms with Crippen LogP contribution in [0.25, 0.3) is 10.9 Å². The monoisotopic (exact) mass is 571 g/mol. The Bertz CT molecular complexity index is 1590. The summed E-state index contributed by atoms with van der Waals surface area (Å²) in [5, 5.41) is 18.9. The SMILES string of the molecule is Nc1ccc(F)c(S(=O)(=O)Nc2cc([C@@H](O)CNCCOc3ccc4c(C(F)(F)F)n[nH]c4c3)ccc2F)c1. The van der Waals surface area contributed by atoms with Crippen LogP contribution in [0.3, 0.4) is 0 Å². The highest BCUT2D eigenvalue weighted by atomic mass is 32.2. The third-order valence-electron chi connectivity index (χ3n) is 5.55. The molecule has 0 spiro atoms. The summed E-state index contributed by atoms with van der Waals surface area (Å²) in [6.45, 7) is 0.291. The van der Waals surface area contributed by atoms with E-state index >= 15 is 0 Å². The van der Waals surface area contributed by atoms with Crippen molar-refractivity contribution in [2.45, 2.75) is 17.2 Å². The molecule has 3 aromatic carbocycles. The number of aliphatic hydroxyl groups is 1. The van der Waals surface area contributed by atoms with Crippen LogP contribution in [0.1, 0.15) is 17.4 Å². The van der Waals surface area contributed by atoms with Gasteiger partial charge in [-0.05, 0) is 48.0 Å². The highest BCUT2D eigenvalue weighted by Gasteiger charge is 2.35. The van der Waals surface area contributed by atoms with E-state index in [0.717, 1.165) is 24.3 Å². The summed E-state index contributed by atoms with van der Waals surface area (Å²) in [5.74, 6) is -1.72. The number of hydrogen-bond donors (Lipinski definition) is 5. The molecule has 6 N–H and O–H groups in total. The molecule has 4 aromatic rings. The predicted octanol–water partition coefficient (Wildman–Crippen LogP) is 3.94. The van der Waals surface area contributed by atoms with Crippen LogP contribution in [-0.4, -0.2) is 43.4 Å². The minimum atomic E-state index is -4.59. The molecule has 0 saturated carbocycles. The first-order valence-corrected chi connectivity index (χ1v) is 12.8. The maximum atomic E-state index is 14.3. The largest absolute Gasteiger partial charge is 0.492 e. The van der Waals surface area contributed by atoms with Gasteiger partial charge in [0.05, 0.1) is 17.3 Å². The lowest BCUT2D eigenvalue weighted by Gasteiger charge is -2.15. The Morgan fingerprint density at radius 1 is 1.05 bits per heavy atom. The number of ether oxygens (including phenoxy) is 1. The molecule has 208 valence electrons. The van der Waals surface area contributed by atoms with Crippen LogP contribution >= 0.6 is 0 Å². The third kappa shape index (κ3) is 6.55. The van der Waals surface area contributed by atoms with Crippen molar-refractivity contribution in [1.82, 2.24) is 15.5 Å². The quantitative estimate of drug-likeness (QED) is 0.110. The van der Waals surface area contributed by atoms with E-state index in [1.165, 1.54) is 30.3 Å². The molecule has 0 saturated heterocycles. The normalized spacial score (nSPS) is 13.0. The van der Waals surface area contributed by atoms with E-state index < -0.39 is 50.2 Å². The minimum Gasteiger partial charge on any atom is -0.492 e. The average Bonchev–Trinajstić information content (AvgIpc) is 3.30. The molecular formula is C24H22F5N5O4S. The topological polar surface area (TPSA) is 142 Å². The second-order valence-electron chi connectivity index (χ2n) is 8.38. The Morgan fingerprint density at radius 2 is 1.79 bits per heavy atom.